The number of aliphatic hydroxyl groups excluding tert-OH is 1. The van der Waals surface area contributed by atoms with E-state index in [1.165, 1.54) is 23.1 Å². The van der Waals surface area contributed by atoms with Gasteiger partial charge in [0.15, 0.2) is 0 Å². The Bertz CT molecular complexity index is 513. The van der Waals surface area contributed by atoms with Crippen molar-refractivity contribution in [1.29, 1.82) is 0 Å². The predicted octanol–water partition coefficient (Wildman–Crippen LogP) is 0.489. The molecule has 0 aliphatic heterocycles. The maximum Gasteiger partial charge on any atom is 0.265 e. The highest BCUT2D eigenvalue weighted by Gasteiger charge is 2.10. The summed E-state index contributed by atoms with van der Waals surface area (Å²) in [7, 11) is 0. The average molecular weight is 240 g/mol. The van der Waals surface area contributed by atoms with Crippen LogP contribution in [-0.4, -0.2) is 21.5 Å². The molecule has 0 unspecified atom stereocenters. The molecular formula is C11H12F2N3O+. The fourth-order valence-electron chi connectivity index (χ4n) is 1.50. The van der Waals surface area contributed by atoms with E-state index in [1.807, 2.05) is 0 Å². The average Bonchev–Trinajstić information content (AvgIpc) is 2.71. The minimum Gasteiger partial charge on any atom is -0.393 e. The molecule has 0 amide bonds. The van der Waals surface area contributed by atoms with Crippen molar-refractivity contribution >= 4 is 0 Å². The molecule has 4 nitrogen and oxygen atoms in total. The second-order valence-corrected chi connectivity index (χ2v) is 3.64. The first-order valence-electron chi connectivity index (χ1n) is 5.15. The molecule has 0 radical (unpaired) electrons. The Morgan fingerprint density at radius 3 is 2.88 bits per heavy atom. The lowest BCUT2D eigenvalue weighted by Gasteiger charge is -1.98. The summed E-state index contributed by atoms with van der Waals surface area (Å²) in [4.78, 5) is 0. The van der Waals surface area contributed by atoms with E-state index in [0.717, 1.165) is 6.07 Å². The number of halogens is 2. The molecule has 1 N–H and O–H groups in total. The molecule has 0 atom stereocenters. The summed E-state index contributed by atoms with van der Waals surface area (Å²) in [6, 6.07) is 3.45. The van der Waals surface area contributed by atoms with Crippen molar-refractivity contribution in [3.05, 3.63) is 48.1 Å². The first kappa shape index (κ1) is 11.7. The van der Waals surface area contributed by atoms with Gasteiger partial charge in [0, 0.05) is 16.7 Å². The molecule has 0 aliphatic carbocycles. The lowest BCUT2D eigenvalue weighted by atomic mass is 10.2. The Morgan fingerprint density at radius 1 is 1.35 bits per heavy atom. The Hall–Kier alpha value is -1.82. The Labute approximate surface area is 96.7 Å². The third-order valence-electron chi connectivity index (χ3n) is 2.34. The van der Waals surface area contributed by atoms with Crippen LogP contribution in [0.4, 0.5) is 8.78 Å². The molecule has 0 saturated heterocycles. The van der Waals surface area contributed by atoms with E-state index in [2.05, 4.69) is 5.10 Å². The van der Waals surface area contributed by atoms with Gasteiger partial charge in [-0.15, -0.1) is 4.68 Å². The minimum atomic E-state index is -0.595. The SMILES string of the molecule is OCC[n+]1cnn(Cc2ccc(F)cc2F)c1. The highest BCUT2D eigenvalue weighted by molar-refractivity contribution is 5.18. The lowest BCUT2D eigenvalue weighted by Crippen LogP contribution is -2.32. The third kappa shape index (κ3) is 2.85. The van der Waals surface area contributed by atoms with Crippen LogP contribution in [0.15, 0.2) is 30.9 Å². The van der Waals surface area contributed by atoms with Crippen LogP contribution in [0.5, 0.6) is 0 Å². The van der Waals surface area contributed by atoms with Gasteiger partial charge in [-0.3, -0.25) is 0 Å². The van der Waals surface area contributed by atoms with Crippen LogP contribution < -0.4 is 4.57 Å². The fraction of sp³-hybridized carbons (Fsp3) is 0.273. The number of hydrogen-bond acceptors (Lipinski definition) is 2. The van der Waals surface area contributed by atoms with E-state index in [9.17, 15) is 8.78 Å². The standard InChI is InChI=1S/C11H12F2N3O/c12-10-2-1-9(11(13)5-10)6-16-8-15(3-4-17)7-14-16/h1-2,5,7-8,17H,3-4,6H2/q+1. The first-order chi connectivity index (χ1) is 8.19. The zero-order valence-corrected chi connectivity index (χ0v) is 9.05. The van der Waals surface area contributed by atoms with Gasteiger partial charge in [-0.1, -0.05) is 0 Å². The Kier molecular flexibility index (Phi) is 3.43. The first-order valence-corrected chi connectivity index (χ1v) is 5.15. The predicted molar refractivity (Wildman–Crippen MR) is 55.0 cm³/mol. The summed E-state index contributed by atoms with van der Waals surface area (Å²) in [5.74, 6) is -1.18. The maximum atomic E-state index is 13.4. The van der Waals surface area contributed by atoms with Crippen molar-refractivity contribution < 1.29 is 18.5 Å². The summed E-state index contributed by atoms with van der Waals surface area (Å²) in [6.45, 7) is 0.678. The van der Waals surface area contributed by atoms with Gasteiger partial charge in [0.05, 0.1) is 13.2 Å². The molecule has 0 spiro atoms. The maximum absolute atomic E-state index is 13.4. The van der Waals surface area contributed by atoms with Gasteiger partial charge in [0.2, 0.25) is 6.33 Å². The Morgan fingerprint density at radius 2 is 2.18 bits per heavy atom. The van der Waals surface area contributed by atoms with Crippen molar-refractivity contribution in [1.82, 2.24) is 9.78 Å². The number of nitrogens with zero attached hydrogens (tertiary/aromatic N) is 3. The van der Waals surface area contributed by atoms with E-state index < -0.39 is 11.6 Å². The normalized spacial score (nSPS) is 10.8. The van der Waals surface area contributed by atoms with Crippen LogP contribution in [0, 0.1) is 11.6 Å². The quantitative estimate of drug-likeness (QED) is 0.790. The van der Waals surface area contributed by atoms with E-state index >= 15 is 0 Å². The van der Waals surface area contributed by atoms with Crippen LogP contribution in [0.1, 0.15) is 5.56 Å². The molecule has 1 aromatic carbocycles. The zero-order chi connectivity index (χ0) is 12.3. The van der Waals surface area contributed by atoms with E-state index in [-0.39, 0.29) is 13.2 Å². The van der Waals surface area contributed by atoms with Crippen LogP contribution in [-0.2, 0) is 13.1 Å². The van der Waals surface area contributed by atoms with Gasteiger partial charge in [0.25, 0.3) is 6.33 Å². The number of aromatic nitrogens is 3. The van der Waals surface area contributed by atoms with Crippen molar-refractivity contribution in [2.45, 2.75) is 13.1 Å². The second kappa shape index (κ2) is 5.01. The van der Waals surface area contributed by atoms with Crippen LogP contribution in [0.25, 0.3) is 0 Å². The van der Waals surface area contributed by atoms with Gasteiger partial charge in [-0.25, -0.2) is 13.3 Å². The van der Waals surface area contributed by atoms with Gasteiger partial charge in [-0.05, 0) is 12.1 Å². The summed E-state index contributed by atoms with van der Waals surface area (Å²) < 4.78 is 29.3. The smallest absolute Gasteiger partial charge is 0.265 e. The zero-order valence-electron chi connectivity index (χ0n) is 9.05. The molecule has 2 aromatic rings. The molecule has 6 heteroatoms. The van der Waals surface area contributed by atoms with Crippen molar-refractivity contribution in [3.63, 3.8) is 0 Å². The number of aliphatic hydroxyl groups is 1. The lowest BCUT2D eigenvalue weighted by molar-refractivity contribution is -0.698. The molecule has 17 heavy (non-hydrogen) atoms. The monoisotopic (exact) mass is 240 g/mol. The van der Waals surface area contributed by atoms with Gasteiger partial charge in [-0.2, -0.15) is 0 Å². The topological polar surface area (TPSA) is 41.9 Å². The third-order valence-corrected chi connectivity index (χ3v) is 2.34. The largest absolute Gasteiger partial charge is 0.393 e. The summed E-state index contributed by atoms with van der Waals surface area (Å²) in [6.07, 6.45) is 3.19. The molecule has 2 rings (SSSR count). The number of rotatable bonds is 4. The molecule has 1 heterocycles. The van der Waals surface area contributed by atoms with E-state index in [0.29, 0.717) is 12.1 Å². The number of benzene rings is 1. The molecule has 0 bridgehead atoms. The molecule has 0 aliphatic rings. The van der Waals surface area contributed by atoms with Gasteiger partial charge in [0.1, 0.15) is 18.2 Å². The summed E-state index contributed by atoms with van der Waals surface area (Å²) in [5.41, 5.74) is 0.366. The highest BCUT2D eigenvalue weighted by Crippen LogP contribution is 2.10. The van der Waals surface area contributed by atoms with Crippen molar-refractivity contribution in [2.75, 3.05) is 6.61 Å². The van der Waals surface area contributed by atoms with Crippen LogP contribution in [0.3, 0.4) is 0 Å². The van der Waals surface area contributed by atoms with Crippen molar-refractivity contribution in [2.24, 2.45) is 0 Å². The minimum absolute atomic E-state index is 0.0151. The Balaban J connectivity index is 2.13. The van der Waals surface area contributed by atoms with Crippen LogP contribution in [0.2, 0.25) is 0 Å². The summed E-state index contributed by atoms with van der Waals surface area (Å²) in [5, 5.41) is 12.7. The second-order valence-electron chi connectivity index (χ2n) is 3.64. The summed E-state index contributed by atoms with van der Waals surface area (Å²) >= 11 is 0. The molecule has 90 valence electrons. The van der Waals surface area contributed by atoms with Gasteiger partial charge >= 0.3 is 0 Å². The molecular weight excluding hydrogens is 228 g/mol. The molecule has 0 fully saturated rings. The number of hydrogen-bond donors (Lipinski definition) is 1. The van der Waals surface area contributed by atoms with E-state index in [1.54, 1.807) is 10.9 Å². The van der Waals surface area contributed by atoms with E-state index in [4.69, 9.17) is 5.11 Å². The molecule has 0 saturated carbocycles. The molecule has 1 aromatic heterocycles. The highest BCUT2D eigenvalue weighted by atomic mass is 19.1. The van der Waals surface area contributed by atoms with Crippen molar-refractivity contribution in [3.8, 4) is 0 Å². The fourth-order valence-corrected chi connectivity index (χ4v) is 1.50. The van der Waals surface area contributed by atoms with Crippen LogP contribution >= 0.6 is 0 Å². The van der Waals surface area contributed by atoms with Gasteiger partial charge < -0.3 is 5.11 Å².